The van der Waals surface area contributed by atoms with Crippen LogP contribution >= 0.6 is 15.9 Å². The van der Waals surface area contributed by atoms with Crippen LogP contribution in [0, 0.1) is 0 Å². The van der Waals surface area contributed by atoms with Gasteiger partial charge in [-0.25, -0.2) is 4.39 Å². The summed E-state index contributed by atoms with van der Waals surface area (Å²) >= 11 is 3.32. The molecule has 0 aliphatic carbocycles. The molecule has 0 aromatic heterocycles. The first-order valence-corrected chi connectivity index (χ1v) is 5.92. The molecule has 16 heavy (non-hydrogen) atoms. The largest absolute Gasteiger partial charge is 0.490 e. The van der Waals surface area contributed by atoms with Crippen LogP contribution in [0.1, 0.15) is 26.3 Å². The van der Waals surface area contributed by atoms with Gasteiger partial charge in [-0.3, -0.25) is 0 Å². The summed E-state index contributed by atoms with van der Waals surface area (Å²) in [6, 6.07) is 4.96. The molecule has 1 unspecified atom stereocenters. The molecule has 2 nitrogen and oxygen atoms in total. The van der Waals surface area contributed by atoms with E-state index >= 15 is 0 Å². The Hall–Kier alpha value is -0.610. The van der Waals surface area contributed by atoms with Gasteiger partial charge in [0, 0.05) is 0 Å². The third kappa shape index (κ3) is 3.19. The lowest BCUT2D eigenvalue weighted by atomic mass is 9.99. The average molecular weight is 291 g/mol. The molecule has 0 spiro atoms. The molecule has 0 radical (unpaired) electrons. The van der Waals surface area contributed by atoms with Crippen LogP contribution in [0.25, 0.3) is 0 Å². The average Bonchev–Trinajstić information content (AvgIpc) is 2.20. The Bertz CT molecular complexity index is 364. The van der Waals surface area contributed by atoms with Gasteiger partial charge in [0.15, 0.2) is 5.67 Å². The monoisotopic (exact) mass is 290 g/mol. The molecule has 0 saturated carbocycles. The Labute approximate surface area is 104 Å². The van der Waals surface area contributed by atoms with E-state index in [4.69, 9.17) is 9.84 Å². The van der Waals surface area contributed by atoms with Crippen LogP contribution in [0.2, 0.25) is 0 Å². The summed E-state index contributed by atoms with van der Waals surface area (Å²) in [6.07, 6.45) is 0.0664. The zero-order valence-corrected chi connectivity index (χ0v) is 11.2. The van der Waals surface area contributed by atoms with Crippen molar-refractivity contribution in [3.8, 4) is 5.75 Å². The second kappa shape index (κ2) is 5.15. The lowest BCUT2D eigenvalue weighted by Crippen LogP contribution is -2.20. The topological polar surface area (TPSA) is 29.5 Å². The summed E-state index contributed by atoms with van der Waals surface area (Å²) in [6.45, 7) is 4.66. The Morgan fingerprint density at radius 1 is 1.50 bits per heavy atom. The van der Waals surface area contributed by atoms with E-state index in [1.807, 2.05) is 13.8 Å². The Morgan fingerprint density at radius 2 is 2.12 bits per heavy atom. The number of hydrogen-bond donors (Lipinski definition) is 1. The number of rotatable bonds is 4. The second-order valence-corrected chi connectivity index (χ2v) is 5.02. The highest BCUT2D eigenvalue weighted by Crippen LogP contribution is 2.32. The minimum absolute atomic E-state index is 0.0664. The summed E-state index contributed by atoms with van der Waals surface area (Å²) in [5, 5.41) is 8.93. The molecule has 0 aliphatic heterocycles. The molecule has 0 aliphatic rings. The molecule has 0 amide bonds. The fraction of sp³-hybridized carbons (Fsp3) is 0.500. The van der Waals surface area contributed by atoms with Crippen LogP contribution in [0.4, 0.5) is 4.39 Å². The smallest absolute Gasteiger partial charge is 0.156 e. The highest BCUT2D eigenvalue weighted by molar-refractivity contribution is 9.10. The zero-order chi connectivity index (χ0) is 12.3. The number of alkyl halides is 1. The third-order valence-electron chi connectivity index (χ3n) is 2.19. The van der Waals surface area contributed by atoms with Crippen LogP contribution in [0.5, 0.6) is 5.75 Å². The first-order valence-electron chi connectivity index (χ1n) is 5.13. The van der Waals surface area contributed by atoms with Crippen molar-refractivity contribution in [1.29, 1.82) is 0 Å². The van der Waals surface area contributed by atoms with Gasteiger partial charge in [0.2, 0.25) is 0 Å². The SMILES string of the molecule is CC(C)Oc1ccc(C(C)(F)CO)cc1Br. The van der Waals surface area contributed by atoms with Gasteiger partial charge in [0.25, 0.3) is 0 Å². The van der Waals surface area contributed by atoms with Crippen LogP contribution in [0.15, 0.2) is 22.7 Å². The minimum Gasteiger partial charge on any atom is -0.490 e. The zero-order valence-electron chi connectivity index (χ0n) is 9.63. The van der Waals surface area contributed by atoms with E-state index in [0.29, 0.717) is 15.8 Å². The van der Waals surface area contributed by atoms with Gasteiger partial charge in [-0.15, -0.1) is 0 Å². The molecular weight excluding hydrogens is 275 g/mol. The molecule has 1 N–H and O–H groups in total. The Morgan fingerprint density at radius 3 is 2.56 bits per heavy atom. The molecule has 1 rings (SSSR count). The third-order valence-corrected chi connectivity index (χ3v) is 2.81. The van der Waals surface area contributed by atoms with Crippen molar-refractivity contribution < 1.29 is 14.2 Å². The van der Waals surface area contributed by atoms with Gasteiger partial charge in [-0.2, -0.15) is 0 Å². The van der Waals surface area contributed by atoms with Crippen molar-refractivity contribution in [1.82, 2.24) is 0 Å². The lowest BCUT2D eigenvalue weighted by Gasteiger charge is -2.19. The highest BCUT2D eigenvalue weighted by Gasteiger charge is 2.25. The molecule has 0 fully saturated rings. The maximum absolute atomic E-state index is 13.8. The first-order chi connectivity index (χ1) is 7.36. The molecule has 4 heteroatoms. The number of benzene rings is 1. The molecular formula is C12H16BrFO2. The summed E-state index contributed by atoms with van der Waals surface area (Å²) in [4.78, 5) is 0. The summed E-state index contributed by atoms with van der Waals surface area (Å²) in [5.74, 6) is 0.674. The van der Waals surface area contributed by atoms with E-state index in [0.717, 1.165) is 0 Å². The molecule has 0 saturated heterocycles. The quantitative estimate of drug-likeness (QED) is 0.921. The van der Waals surface area contributed by atoms with E-state index in [1.54, 1.807) is 18.2 Å². The molecule has 0 bridgehead atoms. The van der Waals surface area contributed by atoms with Crippen LogP contribution in [0.3, 0.4) is 0 Å². The van der Waals surface area contributed by atoms with Crippen LogP contribution in [-0.2, 0) is 5.67 Å². The van der Waals surface area contributed by atoms with E-state index in [2.05, 4.69) is 15.9 Å². The van der Waals surface area contributed by atoms with Crippen molar-refractivity contribution >= 4 is 15.9 Å². The standard InChI is InChI=1S/C12H16BrFO2/c1-8(2)16-11-5-4-9(6-10(11)13)12(3,14)7-15/h4-6,8,15H,7H2,1-3H3. The van der Waals surface area contributed by atoms with E-state index in [-0.39, 0.29) is 6.10 Å². The van der Waals surface area contributed by atoms with Crippen molar-refractivity contribution in [3.05, 3.63) is 28.2 Å². The fourth-order valence-corrected chi connectivity index (χ4v) is 1.74. The predicted octanol–water partition coefficient (Wildman–Crippen LogP) is 3.41. The van der Waals surface area contributed by atoms with Gasteiger partial charge in [0.1, 0.15) is 5.75 Å². The number of aliphatic hydroxyl groups excluding tert-OH is 1. The number of hydrogen-bond acceptors (Lipinski definition) is 2. The van der Waals surface area contributed by atoms with Gasteiger partial charge in [0.05, 0.1) is 17.2 Å². The van der Waals surface area contributed by atoms with Gasteiger partial charge >= 0.3 is 0 Å². The molecule has 1 aromatic carbocycles. The number of ether oxygens (including phenoxy) is 1. The molecule has 90 valence electrons. The van der Waals surface area contributed by atoms with Gasteiger partial charge in [-0.1, -0.05) is 6.07 Å². The van der Waals surface area contributed by atoms with Crippen molar-refractivity contribution in [2.75, 3.05) is 6.61 Å². The second-order valence-electron chi connectivity index (χ2n) is 4.17. The normalized spacial score (nSPS) is 14.9. The van der Waals surface area contributed by atoms with Crippen molar-refractivity contribution in [3.63, 3.8) is 0 Å². The number of aliphatic hydroxyl groups is 1. The summed E-state index contributed by atoms with van der Waals surface area (Å²) in [5.41, 5.74) is -1.29. The van der Waals surface area contributed by atoms with E-state index in [9.17, 15) is 4.39 Å². The Balaban J connectivity index is 2.99. The molecule has 1 atom stereocenters. The summed E-state index contributed by atoms with van der Waals surface area (Å²) in [7, 11) is 0. The van der Waals surface area contributed by atoms with E-state index < -0.39 is 12.3 Å². The number of halogens is 2. The van der Waals surface area contributed by atoms with Gasteiger partial charge in [-0.05, 0) is 54.4 Å². The van der Waals surface area contributed by atoms with E-state index in [1.165, 1.54) is 6.92 Å². The fourth-order valence-electron chi connectivity index (χ4n) is 1.27. The maximum Gasteiger partial charge on any atom is 0.156 e. The molecule has 0 heterocycles. The summed E-state index contributed by atoms with van der Waals surface area (Å²) < 4.78 is 20.0. The molecule has 1 aromatic rings. The maximum atomic E-state index is 13.8. The van der Waals surface area contributed by atoms with Gasteiger partial charge < -0.3 is 9.84 Å². The minimum atomic E-state index is -1.72. The first kappa shape index (κ1) is 13.5. The predicted molar refractivity (Wildman–Crippen MR) is 65.5 cm³/mol. The van der Waals surface area contributed by atoms with Crippen molar-refractivity contribution in [2.24, 2.45) is 0 Å². The highest BCUT2D eigenvalue weighted by atomic mass is 79.9. The lowest BCUT2D eigenvalue weighted by molar-refractivity contribution is 0.0866. The van der Waals surface area contributed by atoms with Crippen LogP contribution < -0.4 is 4.74 Å². The van der Waals surface area contributed by atoms with Crippen molar-refractivity contribution in [2.45, 2.75) is 32.5 Å². The Kier molecular flexibility index (Phi) is 4.33. The van der Waals surface area contributed by atoms with Crippen LogP contribution in [-0.4, -0.2) is 17.8 Å².